The molecule has 1 amide bonds. The van der Waals surface area contributed by atoms with Gasteiger partial charge in [-0.1, -0.05) is 41.4 Å². The Hall–Kier alpha value is -1.71. The summed E-state index contributed by atoms with van der Waals surface area (Å²) >= 11 is 11.9. The molecule has 0 fully saturated rings. The van der Waals surface area contributed by atoms with Crippen molar-refractivity contribution in [1.29, 1.82) is 0 Å². The van der Waals surface area contributed by atoms with Crippen molar-refractivity contribution in [3.63, 3.8) is 0 Å². The number of halogens is 2. The molecule has 2 aromatic carbocycles. The summed E-state index contributed by atoms with van der Waals surface area (Å²) in [6.07, 6.45) is 1.80. The van der Waals surface area contributed by atoms with E-state index >= 15 is 0 Å². The van der Waals surface area contributed by atoms with Gasteiger partial charge in [-0.2, -0.15) is 0 Å². The Morgan fingerprint density at radius 1 is 1.09 bits per heavy atom. The summed E-state index contributed by atoms with van der Waals surface area (Å²) < 4.78 is 5.11. The van der Waals surface area contributed by atoms with Crippen LogP contribution in [0.1, 0.15) is 17.5 Å². The number of hydrogen-bond acceptors (Lipinski definition) is 2. The molecule has 0 heterocycles. The maximum atomic E-state index is 11.9. The first-order chi connectivity index (χ1) is 11.1. The Morgan fingerprint density at radius 3 is 2.48 bits per heavy atom. The van der Waals surface area contributed by atoms with Crippen LogP contribution in [0.15, 0.2) is 42.5 Å². The number of ether oxygens (including phenoxy) is 1. The molecular weight excluding hydrogens is 333 g/mol. The predicted molar refractivity (Wildman–Crippen MR) is 94.5 cm³/mol. The number of methoxy groups -OCH3 is 1. The van der Waals surface area contributed by atoms with Crippen LogP contribution < -0.4 is 10.1 Å². The van der Waals surface area contributed by atoms with E-state index in [2.05, 4.69) is 5.32 Å². The van der Waals surface area contributed by atoms with Crippen LogP contribution in [0.2, 0.25) is 10.0 Å². The predicted octanol–water partition coefficient (Wildman–Crippen LogP) is 4.29. The molecule has 0 bridgehead atoms. The second-order valence-corrected chi connectivity index (χ2v) is 6.03. The fourth-order valence-electron chi connectivity index (χ4n) is 2.20. The summed E-state index contributed by atoms with van der Waals surface area (Å²) in [6.45, 7) is 0.611. The van der Waals surface area contributed by atoms with E-state index in [4.69, 9.17) is 27.9 Å². The molecule has 0 aliphatic carbocycles. The average molecular weight is 352 g/mol. The maximum Gasteiger partial charge on any atom is 0.220 e. The largest absolute Gasteiger partial charge is 0.497 e. The fourth-order valence-corrected chi connectivity index (χ4v) is 2.70. The van der Waals surface area contributed by atoms with Crippen LogP contribution in [0, 0.1) is 0 Å². The number of hydrogen-bond donors (Lipinski definition) is 1. The summed E-state index contributed by atoms with van der Waals surface area (Å²) in [5.74, 6) is 0.849. The number of rotatable bonds is 7. The van der Waals surface area contributed by atoms with Gasteiger partial charge in [-0.25, -0.2) is 0 Å². The molecule has 122 valence electrons. The van der Waals surface area contributed by atoms with E-state index in [0.717, 1.165) is 23.3 Å². The minimum absolute atomic E-state index is 0.0181. The number of carbonyl (C=O) groups is 1. The summed E-state index contributed by atoms with van der Waals surface area (Å²) in [5.41, 5.74) is 2.09. The third-order valence-electron chi connectivity index (χ3n) is 3.53. The lowest BCUT2D eigenvalue weighted by Gasteiger charge is -2.07. The van der Waals surface area contributed by atoms with Crippen LogP contribution in [0.25, 0.3) is 0 Å². The van der Waals surface area contributed by atoms with Crippen LogP contribution in [0.3, 0.4) is 0 Å². The van der Waals surface area contributed by atoms with Crippen molar-refractivity contribution in [2.75, 3.05) is 13.7 Å². The molecule has 0 aliphatic heterocycles. The highest BCUT2D eigenvalue weighted by molar-refractivity contribution is 6.35. The third kappa shape index (κ3) is 5.77. The van der Waals surface area contributed by atoms with E-state index in [1.165, 1.54) is 0 Å². The highest BCUT2D eigenvalue weighted by Gasteiger charge is 2.06. The molecule has 2 aromatic rings. The summed E-state index contributed by atoms with van der Waals surface area (Å²) in [5, 5.41) is 4.12. The Bertz CT molecular complexity index is 657. The average Bonchev–Trinajstić information content (AvgIpc) is 2.54. The van der Waals surface area contributed by atoms with Gasteiger partial charge in [0.15, 0.2) is 0 Å². The lowest BCUT2D eigenvalue weighted by Crippen LogP contribution is -2.25. The Labute approximate surface area is 146 Å². The number of carbonyl (C=O) groups excluding carboxylic acids is 1. The molecule has 0 radical (unpaired) electrons. The van der Waals surface area contributed by atoms with Gasteiger partial charge in [0.2, 0.25) is 5.91 Å². The third-order valence-corrected chi connectivity index (χ3v) is 4.12. The summed E-state index contributed by atoms with van der Waals surface area (Å²) in [4.78, 5) is 11.9. The van der Waals surface area contributed by atoms with E-state index in [1.807, 2.05) is 30.3 Å². The molecule has 0 spiro atoms. The van der Waals surface area contributed by atoms with Crippen molar-refractivity contribution in [3.8, 4) is 5.75 Å². The second kappa shape index (κ2) is 8.80. The van der Waals surface area contributed by atoms with E-state index in [-0.39, 0.29) is 5.91 Å². The van der Waals surface area contributed by atoms with Crippen molar-refractivity contribution >= 4 is 29.1 Å². The zero-order chi connectivity index (χ0) is 16.7. The Kier molecular flexibility index (Phi) is 6.75. The van der Waals surface area contributed by atoms with Crippen LogP contribution in [0.5, 0.6) is 5.75 Å². The SMILES string of the molecule is COc1ccc(CCNC(=O)CCc2ccc(Cl)cc2Cl)cc1. The second-order valence-electron chi connectivity index (χ2n) is 5.18. The van der Waals surface area contributed by atoms with Gasteiger partial charge >= 0.3 is 0 Å². The smallest absolute Gasteiger partial charge is 0.220 e. The van der Waals surface area contributed by atoms with Gasteiger partial charge in [0.05, 0.1) is 7.11 Å². The number of amides is 1. The number of benzene rings is 2. The Balaban J connectivity index is 1.72. The first-order valence-corrected chi connectivity index (χ1v) is 8.17. The van der Waals surface area contributed by atoms with Crippen LogP contribution in [0.4, 0.5) is 0 Å². The topological polar surface area (TPSA) is 38.3 Å². The molecule has 0 saturated carbocycles. The summed E-state index contributed by atoms with van der Waals surface area (Å²) in [7, 11) is 1.64. The zero-order valence-corrected chi connectivity index (χ0v) is 14.5. The lowest BCUT2D eigenvalue weighted by atomic mass is 10.1. The van der Waals surface area contributed by atoms with Crippen molar-refractivity contribution in [1.82, 2.24) is 5.32 Å². The normalized spacial score (nSPS) is 10.4. The first-order valence-electron chi connectivity index (χ1n) is 7.42. The molecule has 0 unspecified atom stereocenters. The molecule has 2 rings (SSSR count). The molecule has 0 aliphatic rings. The first kappa shape index (κ1) is 17.6. The molecule has 0 atom stereocenters. The standard InChI is InChI=1S/C18H19Cl2NO2/c1-23-16-7-2-13(3-8-16)10-11-21-18(22)9-5-14-4-6-15(19)12-17(14)20/h2-4,6-8,12H,5,9-11H2,1H3,(H,21,22). The van der Waals surface area contributed by atoms with Crippen molar-refractivity contribution < 1.29 is 9.53 Å². The number of aryl methyl sites for hydroxylation is 1. The molecular formula is C18H19Cl2NO2. The van der Waals surface area contributed by atoms with E-state index in [9.17, 15) is 4.79 Å². The lowest BCUT2D eigenvalue weighted by molar-refractivity contribution is -0.121. The van der Waals surface area contributed by atoms with Crippen molar-refractivity contribution in [2.24, 2.45) is 0 Å². The van der Waals surface area contributed by atoms with Crippen LogP contribution in [-0.4, -0.2) is 19.6 Å². The number of nitrogens with one attached hydrogen (secondary N) is 1. The monoisotopic (exact) mass is 351 g/mol. The van der Waals surface area contributed by atoms with E-state index < -0.39 is 0 Å². The quantitative estimate of drug-likeness (QED) is 0.807. The minimum Gasteiger partial charge on any atom is -0.497 e. The van der Waals surface area contributed by atoms with E-state index in [1.54, 1.807) is 19.2 Å². The molecule has 0 aromatic heterocycles. The summed E-state index contributed by atoms with van der Waals surface area (Å²) in [6, 6.07) is 13.2. The van der Waals surface area contributed by atoms with Crippen molar-refractivity contribution in [3.05, 3.63) is 63.6 Å². The van der Waals surface area contributed by atoms with Gasteiger partial charge in [0, 0.05) is 23.0 Å². The molecule has 0 saturated heterocycles. The molecule has 1 N–H and O–H groups in total. The van der Waals surface area contributed by atoms with E-state index in [0.29, 0.717) is 29.4 Å². The van der Waals surface area contributed by atoms with Crippen LogP contribution in [-0.2, 0) is 17.6 Å². The van der Waals surface area contributed by atoms with Gasteiger partial charge in [0.1, 0.15) is 5.75 Å². The van der Waals surface area contributed by atoms with Gasteiger partial charge in [-0.05, 0) is 48.2 Å². The van der Waals surface area contributed by atoms with Crippen LogP contribution >= 0.6 is 23.2 Å². The van der Waals surface area contributed by atoms with Gasteiger partial charge in [-0.3, -0.25) is 4.79 Å². The maximum absolute atomic E-state index is 11.9. The fraction of sp³-hybridized carbons (Fsp3) is 0.278. The van der Waals surface area contributed by atoms with Gasteiger partial charge in [0.25, 0.3) is 0 Å². The highest BCUT2D eigenvalue weighted by Crippen LogP contribution is 2.22. The molecule has 3 nitrogen and oxygen atoms in total. The van der Waals surface area contributed by atoms with Crippen molar-refractivity contribution in [2.45, 2.75) is 19.3 Å². The van der Waals surface area contributed by atoms with Gasteiger partial charge in [-0.15, -0.1) is 0 Å². The molecule has 23 heavy (non-hydrogen) atoms. The highest BCUT2D eigenvalue weighted by atomic mass is 35.5. The minimum atomic E-state index is 0.0181. The molecule has 5 heteroatoms. The Morgan fingerprint density at radius 2 is 1.83 bits per heavy atom. The van der Waals surface area contributed by atoms with Gasteiger partial charge < -0.3 is 10.1 Å². The zero-order valence-electron chi connectivity index (χ0n) is 12.9.